The van der Waals surface area contributed by atoms with Gasteiger partial charge in [0.15, 0.2) is 6.29 Å². The largest absolute Gasteiger partial charge is 0.465 e. The van der Waals surface area contributed by atoms with E-state index in [9.17, 15) is 0 Å². The van der Waals surface area contributed by atoms with Crippen molar-refractivity contribution < 1.29 is 9.47 Å². The molecule has 0 amide bonds. The Morgan fingerprint density at radius 3 is 2.87 bits per heavy atom. The Labute approximate surface area is 91.5 Å². The maximum Gasteiger partial charge on any atom is 0.199 e. The summed E-state index contributed by atoms with van der Waals surface area (Å²) in [7, 11) is 1.66. The van der Waals surface area contributed by atoms with Crippen LogP contribution in [0.2, 0.25) is 0 Å². The first-order valence-electron chi connectivity index (χ1n) is 5.22. The van der Waals surface area contributed by atoms with Gasteiger partial charge in [-0.3, -0.25) is 0 Å². The Bertz CT molecular complexity index is 307. The molecule has 0 aliphatic heterocycles. The molecule has 1 rings (SSSR count). The van der Waals surface area contributed by atoms with Crippen LogP contribution in [0, 0.1) is 0 Å². The summed E-state index contributed by atoms with van der Waals surface area (Å²) in [5.41, 5.74) is 1.05. The molecule has 0 bridgehead atoms. The first-order chi connectivity index (χ1) is 7.30. The number of ether oxygens (including phenoxy) is 2. The zero-order chi connectivity index (χ0) is 11.1. The summed E-state index contributed by atoms with van der Waals surface area (Å²) in [6.45, 7) is 5.83. The SMILES string of the molecule is C=Cc1cccc(OC(CCC)OC)c1. The Kier molecular flexibility index (Phi) is 4.91. The first-order valence-corrected chi connectivity index (χ1v) is 5.22. The minimum atomic E-state index is -0.157. The predicted octanol–water partition coefficient (Wildman–Crippen LogP) is 3.48. The van der Waals surface area contributed by atoms with Crippen LogP contribution in [0.1, 0.15) is 25.3 Å². The van der Waals surface area contributed by atoms with Crippen molar-refractivity contribution in [1.29, 1.82) is 0 Å². The topological polar surface area (TPSA) is 18.5 Å². The zero-order valence-electron chi connectivity index (χ0n) is 9.40. The molecule has 0 aliphatic carbocycles. The van der Waals surface area contributed by atoms with E-state index in [-0.39, 0.29) is 6.29 Å². The summed E-state index contributed by atoms with van der Waals surface area (Å²) in [5, 5.41) is 0. The average Bonchev–Trinajstić information content (AvgIpc) is 2.29. The van der Waals surface area contributed by atoms with Crippen LogP contribution in [0.3, 0.4) is 0 Å². The normalized spacial score (nSPS) is 12.1. The highest BCUT2D eigenvalue weighted by molar-refractivity contribution is 5.49. The summed E-state index contributed by atoms with van der Waals surface area (Å²) in [4.78, 5) is 0. The highest BCUT2D eigenvalue weighted by Gasteiger charge is 2.07. The molecule has 2 heteroatoms. The molecule has 0 aliphatic rings. The molecule has 0 heterocycles. The summed E-state index contributed by atoms with van der Waals surface area (Å²) >= 11 is 0. The summed E-state index contributed by atoms with van der Waals surface area (Å²) in [5.74, 6) is 0.827. The second kappa shape index (κ2) is 6.25. The number of rotatable bonds is 6. The molecule has 1 atom stereocenters. The predicted molar refractivity (Wildman–Crippen MR) is 62.9 cm³/mol. The molecule has 15 heavy (non-hydrogen) atoms. The molecule has 0 spiro atoms. The molecule has 82 valence electrons. The quantitative estimate of drug-likeness (QED) is 0.663. The van der Waals surface area contributed by atoms with Crippen LogP contribution in [0.5, 0.6) is 5.75 Å². The standard InChI is InChI=1S/C13H18O2/c1-4-7-13(14-3)15-12-9-6-8-11(5-2)10-12/h5-6,8-10,13H,2,4,7H2,1,3H3. The third-order valence-corrected chi connectivity index (χ3v) is 2.15. The highest BCUT2D eigenvalue weighted by atomic mass is 16.7. The van der Waals surface area contributed by atoms with Gasteiger partial charge in [-0.25, -0.2) is 0 Å². The maximum atomic E-state index is 5.68. The lowest BCUT2D eigenvalue weighted by Gasteiger charge is -2.16. The lowest BCUT2D eigenvalue weighted by atomic mass is 10.2. The van der Waals surface area contributed by atoms with Gasteiger partial charge in [-0.15, -0.1) is 0 Å². The number of hydrogen-bond acceptors (Lipinski definition) is 2. The van der Waals surface area contributed by atoms with Crippen molar-refractivity contribution in [3.8, 4) is 5.75 Å². The van der Waals surface area contributed by atoms with E-state index in [1.807, 2.05) is 24.3 Å². The molecule has 1 aromatic rings. The minimum absolute atomic E-state index is 0.157. The fraction of sp³-hybridized carbons (Fsp3) is 0.385. The number of hydrogen-bond donors (Lipinski definition) is 0. The van der Waals surface area contributed by atoms with Gasteiger partial charge in [0.05, 0.1) is 0 Å². The van der Waals surface area contributed by atoms with Gasteiger partial charge < -0.3 is 9.47 Å². The van der Waals surface area contributed by atoms with E-state index >= 15 is 0 Å². The van der Waals surface area contributed by atoms with Gasteiger partial charge in [0.2, 0.25) is 0 Å². The van der Waals surface area contributed by atoms with Gasteiger partial charge in [0.25, 0.3) is 0 Å². The fourth-order valence-corrected chi connectivity index (χ4v) is 1.33. The molecule has 1 aromatic carbocycles. The van der Waals surface area contributed by atoms with Crippen molar-refractivity contribution in [2.75, 3.05) is 7.11 Å². The zero-order valence-corrected chi connectivity index (χ0v) is 9.40. The lowest BCUT2D eigenvalue weighted by Crippen LogP contribution is -2.18. The highest BCUT2D eigenvalue weighted by Crippen LogP contribution is 2.17. The first kappa shape index (κ1) is 11.8. The number of benzene rings is 1. The van der Waals surface area contributed by atoms with E-state index < -0.39 is 0 Å². The Morgan fingerprint density at radius 1 is 1.47 bits per heavy atom. The van der Waals surface area contributed by atoms with Crippen LogP contribution in [0.25, 0.3) is 6.08 Å². The minimum Gasteiger partial charge on any atom is -0.465 e. The molecule has 0 aromatic heterocycles. The van der Waals surface area contributed by atoms with Gasteiger partial charge in [-0.2, -0.15) is 0 Å². The molecular formula is C13H18O2. The molecule has 0 saturated heterocycles. The third-order valence-electron chi connectivity index (χ3n) is 2.15. The second-order valence-electron chi connectivity index (χ2n) is 3.35. The van der Waals surface area contributed by atoms with Crippen molar-refractivity contribution in [2.45, 2.75) is 26.1 Å². The Balaban J connectivity index is 2.65. The molecule has 0 radical (unpaired) electrons. The van der Waals surface area contributed by atoms with E-state index in [4.69, 9.17) is 9.47 Å². The monoisotopic (exact) mass is 206 g/mol. The summed E-state index contributed by atoms with van der Waals surface area (Å²) in [6.07, 6.45) is 3.58. The smallest absolute Gasteiger partial charge is 0.199 e. The van der Waals surface area contributed by atoms with Crippen molar-refractivity contribution in [2.24, 2.45) is 0 Å². The molecular weight excluding hydrogens is 188 g/mol. The van der Waals surface area contributed by atoms with Crippen LogP contribution in [-0.2, 0) is 4.74 Å². The van der Waals surface area contributed by atoms with Crippen molar-refractivity contribution in [1.82, 2.24) is 0 Å². The fourth-order valence-electron chi connectivity index (χ4n) is 1.33. The van der Waals surface area contributed by atoms with Gasteiger partial charge in [0, 0.05) is 13.5 Å². The van der Waals surface area contributed by atoms with E-state index in [2.05, 4.69) is 13.5 Å². The van der Waals surface area contributed by atoms with E-state index in [1.54, 1.807) is 13.2 Å². The van der Waals surface area contributed by atoms with Crippen molar-refractivity contribution >= 4 is 6.08 Å². The van der Waals surface area contributed by atoms with Gasteiger partial charge >= 0.3 is 0 Å². The van der Waals surface area contributed by atoms with Crippen molar-refractivity contribution in [3.63, 3.8) is 0 Å². The molecule has 0 N–H and O–H groups in total. The molecule has 0 saturated carbocycles. The van der Waals surface area contributed by atoms with Crippen LogP contribution in [-0.4, -0.2) is 13.4 Å². The van der Waals surface area contributed by atoms with E-state index in [0.29, 0.717) is 0 Å². The van der Waals surface area contributed by atoms with Crippen LogP contribution < -0.4 is 4.74 Å². The average molecular weight is 206 g/mol. The maximum absolute atomic E-state index is 5.68. The van der Waals surface area contributed by atoms with Crippen LogP contribution in [0.15, 0.2) is 30.8 Å². The van der Waals surface area contributed by atoms with Crippen LogP contribution in [0.4, 0.5) is 0 Å². The van der Waals surface area contributed by atoms with Gasteiger partial charge in [-0.1, -0.05) is 38.1 Å². The third kappa shape index (κ3) is 3.76. The van der Waals surface area contributed by atoms with Gasteiger partial charge in [0.1, 0.15) is 5.75 Å². The second-order valence-corrected chi connectivity index (χ2v) is 3.35. The molecule has 1 unspecified atom stereocenters. The van der Waals surface area contributed by atoms with E-state index in [0.717, 1.165) is 24.2 Å². The molecule has 2 nitrogen and oxygen atoms in total. The Morgan fingerprint density at radius 2 is 2.27 bits per heavy atom. The van der Waals surface area contributed by atoms with E-state index in [1.165, 1.54) is 0 Å². The van der Waals surface area contributed by atoms with Gasteiger partial charge in [-0.05, 0) is 17.7 Å². The van der Waals surface area contributed by atoms with Crippen LogP contribution >= 0.6 is 0 Å². The lowest BCUT2D eigenvalue weighted by molar-refractivity contribution is -0.0583. The molecule has 0 fully saturated rings. The Hall–Kier alpha value is -1.28. The summed E-state index contributed by atoms with van der Waals surface area (Å²) < 4.78 is 10.9. The van der Waals surface area contributed by atoms with Crippen molar-refractivity contribution in [3.05, 3.63) is 36.4 Å². The summed E-state index contributed by atoms with van der Waals surface area (Å²) in [6, 6.07) is 7.82. The number of methoxy groups -OCH3 is 1.